The fraction of sp³-hybridized carbons (Fsp3) is 0.640. The van der Waals surface area contributed by atoms with Gasteiger partial charge in [0, 0.05) is 42.7 Å². The maximum Gasteiger partial charge on any atom is 0.255 e. The Labute approximate surface area is 197 Å². The number of ether oxygens (including phenoxy) is 1. The predicted molar refractivity (Wildman–Crippen MR) is 119 cm³/mol. The van der Waals surface area contributed by atoms with E-state index in [1.807, 2.05) is 0 Å². The van der Waals surface area contributed by atoms with Crippen molar-refractivity contribution in [2.24, 2.45) is 0 Å². The van der Waals surface area contributed by atoms with Crippen molar-refractivity contribution in [1.82, 2.24) is 15.5 Å². The van der Waals surface area contributed by atoms with Gasteiger partial charge in [-0.15, -0.1) is 0 Å². The molecule has 0 radical (unpaired) electrons. The molecule has 3 fully saturated rings. The normalized spacial score (nSPS) is 32.0. The number of imide groups is 1. The van der Waals surface area contributed by atoms with E-state index in [0.29, 0.717) is 37.0 Å². The largest absolute Gasteiger partial charge is 0.376 e. The van der Waals surface area contributed by atoms with Crippen molar-refractivity contribution in [2.75, 3.05) is 6.61 Å². The van der Waals surface area contributed by atoms with Crippen LogP contribution in [0.1, 0.15) is 72.9 Å². The van der Waals surface area contributed by atoms with Crippen LogP contribution in [-0.2, 0) is 27.3 Å². The maximum atomic E-state index is 15.6. The summed E-state index contributed by atoms with van der Waals surface area (Å²) in [6.07, 6.45) is 4.47. The Balaban J connectivity index is 1.29. The van der Waals surface area contributed by atoms with Crippen molar-refractivity contribution in [3.05, 3.63) is 34.6 Å². The van der Waals surface area contributed by atoms with Crippen molar-refractivity contribution >= 4 is 17.7 Å². The number of piperidine rings is 1. The van der Waals surface area contributed by atoms with E-state index >= 15 is 4.39 Å². The molecule has 2 saturated heterocycles. The molecule has 7 nitrogen and oxygen atoms in total. The first-order valence-corrected chi connectivity index (χ1v) is 12.4. The first-order chi connectivity index (χ1) is 16.4. The van der Waals surface area contributed by atoms with Gasteiger partial charge in [0.1, 0.15) is 18.0 Å². The number of nitrogens with one attached hydrogen (secondary N) is 2. The van der Waals surface area contributed by atoms with Crippen LogP contribution in [0, 0.1) is 5.82 Å². The van der Waals surface area contributed by atoms with Gasteiger partial charge in [-0.25, -0.2) is 8.78 Å². The zero-order chi connectivity index (χ0) is 23.8. The van der Waals surface area contributed by atoms with Gasteiger partial charge in [-0.05, 0) is 56.6 Å². The molecule has 1 aromatic rings. The number of alkyl halides is 1. The molecule has 4 aliphatic rings. The SMILES string of the molecule is O=C1CCC(N2Cc3c(ccc(C[C@H]4OCCC[C@@H]4NC4CCC(F)CC4)c3F)C2=O)C(=O)N1. The van der Waals surface area contributed by atoms with Crippen molar-refractivity contribution in [3.8, 4) is 0 Å². The topological polar surface area (TPSA) is 87.7 Å². The Hall–Kier alpha value is -2.39. The summed E-state index contributed by atoms with van der Waals surface area (Å²) < 4.78 is 35.1. The highest BCUT2D eigenvalue weighted by atomic mass is 19.1. The van der Waals surface area contributed by atoms with Crippen LogP contribution in [0.3, 0.4) is 0 Å². The molecule has 1 unspecified atom stereocenters. The quantitative estimate of drug-likeness (QED) is 0.640. The summed E-state index contributed by atoms with van der Waals surface area (Å²) in [4.78, 5) is 38.0. The summed E-state index contributed by atoms with van der Waals surface area (Å²) >= 11 is 0. The molecule has 0 aromatic heterocycles. The molecule has 2 N–H and O–H groups in total. The Kier molecular flexibility index (Phi) is 6.66. The monoisotopic (exact) mass is 475 g/mol. The lowest BCUT2D eigenvalue weighted by Crippen LogP contribution is -2.52. The van der Waals surface area contributed by atoms with E-state index in [0.717, 1.165) is 25.7 Å². The minimum Gasteiger partial charge on any atom is -0.376 e. The molecule has 0 bridgehead atoms. The van der Waals surface area contributed by atoms with Gasteiger partial charge in [-0.2, -0.15) is 0 Å². The van der Waals surface area contributed by atoms with Gasteiger partial charge in [0.05, 0.1) is 12.6 Å². The van der Waals surface area contributed by atoms with E-state index in [4.69, 9.17) is 4.74 Å². The smallest absolute Gasteiger partial charge is 0.255 e. The van der Waals surface area contributed by atoms with Crippen LogP contribution in [0.25, 0.3) is 0 Å². The van der Waals surface area contributed by atoms with Crippen LogP contribution >= 0.6 is 0 Å². The third-order valence-electron chi connectivity index (χ3n) is 7.70. The number of carbonyl (C=O) groups is 3. The zero-order valence-electron chi connectivity index (χ0n) is 19.2. The zero-order valence-corrected chi connectivity index (χ0v) is 19.2. The summed E-state index contributed by atoms with van der Waals surface area (Å²) in [5.41, 5.74) is 1.06. The number of amides is 3. The highest BCUT2D eigenvalue weighted by molar-refractivity contribution is 6.05. The third kappa shape index (κ3) is 4.60. The lowest BCUT2D eigenvalue weighted by Gasteiger charge is -2.37. The molecular weight excluding hydrogens is 444 g/mol. The molecule has 1 saturated carbocycles. The van der Waals surface area contributed by atoms with Crippen LogP contribution in [0.4, 0.5) is 8.78 Å². The Morgan fingerprint density at radius 2 is 1.88 bits per heavy atom. The van der Waals surface area contributed by atoms with E-state index in [9.17, 15) is 18.8 Å². The van der Waals surface area contributed by atoms with E-state index in [2.05, 4.69) is 10.6 Å². The molecule has 9 heteroatoms. The first kappa shape index (κ1) is 23.4. The average Bonchev–Trinajstić information content (AvgIpc) is 3.15. The molecule has 3 amide bonds. The lowest BCUT2D eigenvalue weighted by molar-refractivity contribution is -0.136. The highest BCUT2D eigenvalue weighted by Gasteiger charge is 2.41. The number of fused-ring (bicyclic) bond motifs is 1. The molecule has 3 heterocycles. The average molecular weight is 476 g/mol. The third-order valence-corrected chi connectivity index (χ3v) is 7.70. The van der Waals surface area contributed by atoms with Crippen molar-refractivity contribution in [2.45, 2.75) is 94.7 Å². The molecule has 1 aromatic carbocycles. The van der Waals surface area contributed by atoms with Gasteiger partial charge >= 0.3 is 0 Å². The Morgan fingerprint density at radius 1 is 1.09 bits per heavy atom. The number of rotatable bonds is 5. The van der Waals surface area contributed by atoms with Crippen molar-refractivity contribution in [3.63, 3.8) is 0 Å². The molecule has 184 valence electrons. The molecule has 0 spiro atoms. The van der Waals surface area contributed by atoms with Crippen LogP contribution < -0.4 is 10.6 Å². The van der Waals surface area contributed by atoms with E-state index in [1.54, 1.807) is 12.1 Å². The van der Waals surface area contributed by atoms with Crippen molar-refractivity contribution < 1.29 is 27.9 Å². The fourth-order valence-corrected chi connectivity index (χ4v) is 5.78. The van der Waals surface area contributed by atoms with Crippen molar-refractivity contribution in [1.29, 1.82) is 0 Å². The second-order valence-corrected chi connectivity index (χ2v) is 9.94. The van der Waals surface area contributed by atoms with Gasteiger partial charge in [-0.1, -0.05) is 6.07 Å². The maximum absolute atomic E-state index is 15.6. The molecule has 3 atom stereocenters. The number of nitrogens with zero attached hydrogens (tertiary/aromatic N) is 1. The Morgan fingerprint density at radius 3 is 2.65 bits per heavy atom. The first-order valence-electron chi connectivity index (χ1n) is 12.4. The number of halogens is 2. The summed E-state index contributed by atoms with van der Waals surface area (Å²) in [7, 11) is 0. The Bertz CT molecular complexity index is 979. The summed E-state index contributed by atoms with van der Waals surface area (Å²) in [6.45, 7) is 0.633. The van der Waals surface area contributed by atoms with Crippen LogP contribution in [0.2, 0.25) is 0 Å². The van der Waals surface area contributed by atoms with E-state index in [-0.39, 0.29) is 55.0 Å². The minimum atomic E-state index is -0.768. The molecule has 34 heavy (non-hydrogen) atoms. The number of benzene rings is 1. The van der Waals surface area contributed by atoms with Gasteiger partial charge in [0.25, 0.3) is 5.91 Å². The van der Waals surface area contributed by atoms with Gasteiger partial charge < -0.3 is 15.0 Å². The number of carbonyl (C=O) groups excluding carboxylic acids is 3. The van der Waals surface area contributed by atoms with Gasteiger partial charge in [-0.3, -0.25) is 19.7 Å². The molecule has 1 aliphatic carbocycles. The van der Waals surface area contributed by atoms with E-state index in [1.165, 1.54) is 4.90 Å². The minimum absolute atomic E-state index is 0.0137. The lowest BCUT2D eigenvalue weighted by atomic mass is 9.90. The summed E-state index contributed by atoms with van der Waals surface area (Å²) in [6, 6.07) is 2.84. The molecule has 3 aliphatic heterocycles. The predicted octanol–water partition coefficient (Wildman–Crippen LogP) is 2.55. The highest BCUT2D eigenvalue weighted by Crippen LogP contribution is 2.32. The molecule has 5 rings (SSSR count). The summed E-state index contributed by atoms with van der Waals surface area (Å²) in [5, 5.41) is 5.90. The van der Waals surface area contributed by atoms with Crippen LogP contribution in [-0.4, -0.2) is 59.6 Å². The molecular formula is C25H31F2N3O4. The number of hydrogen-bond donors (Lipinski definition) is 2. The summed E-state index contributed by atoms with van der Waals surface area (Å²) in [5.74, 6) is -1.67. The van der Waals surface area contributed by atoms with E-state index < -0.39 is 23.9 Å². The second kappa shape index (κ2) is 9.70. The van der Waals surface area contributed by atoms with Gasteiger partial charge in [0.2, 0.25) is 11.8 Å². The standard InChI is InChI=1S/C25H31F2N3O4/c26-15-4-6-16(7-5-15)28-19-2-1-11-34-21(19)12-14-3-8-17-18(23(14)27)13-30(25(17)33)20-9-10-22(31)29-24(20)32/h3,8,15-16,19-21,28H,1-2,4-7,9-13H2,(H,29,31,32)/t15?,16?,19-,20?,21+/m0/s1. The van der Waals surface area contributed by atoms with Gasteiger partial charge in [0.15, 0.2) is 0 Å². The fourth-order valence-electron chi connectivity index (χ4n) is 5.78. The van der Waals surface area contributed by atoms with Crippen LogP contribution in [0.5, 0.6) is 0 Å². The van der Waals surface area contributed by atoms with Crippen LogP contribution in [0.15, 0.2) is 12.1 Å². The second-order valence-electron chi connectivity index (χ2n) is 9.94. The number of hydrogen-bond acceptors (Lipinski definition) is 5.